The van der Waals surface area contributed by atoms with Gasteiger partial charge in [0, 0.05) is 10.7 Å². The number of hydrogen-bond donors (Lipinski definition) is 1. The molecule has 2 heteroatoms. The van der Waals surface area contributed by atoms with Crippen LogP contribution in [0, 0.1) is 0 Å². The Morgan fingerprint density at radius 1 is 1.33 bits per heavy atom. The second-order valence-electron chi connectivity index (χ2n) is 2.36. The van der Waals surface area contributed by atoms with Gasteiger partial charge in [0.2, 0.25) is 0 Å². The maximum atomic E-state index is 5.78. The molecule has 0 heterocycles. The Balaban J connectivity index is 4.43. The molecule has 1 N–H and O–H groups in total. The van der Waals surface area contributed by atoms with Gasteiger partial charge in [-0.2, -0.15) is 0 Å². The van der Waals surface area contributed by atoms with Gasteiger partial charge in [-0.1, -0.05) is 30.8 Å². The van der Waals surface area contributed by atoms with Gasteiger partial charge in [0.1, 0.15) is 0 Å². The first-order valence-corrected chi connectivity index (χ1v) is 4.04. The summed E-state index contributed by atoms with van der Waals surface area (Å²) in [5.41, 5.74) is 1.81. The Morgan fingerprint density at radius 2 is 1.92 bits per heavy atom. The molecule has 12 heavy (non-hydrogen) atoms. The van der Waals surface area contributed by atoms with E-state index in [0.717, 1.165) is 11.4 Å². The van der Waals surface area contributed by atoms with Crippen LogP contribution in [0.4, 0.5) is 0 Å². The maximum absolute atomic E-state index is 5.78. The van der Waals surface area contributed by atoms with Crippen LogP contribution in [0.1, 0.15) is 13.8 Å². The molecule has 0 amide bonds. The monoisotopic (exact) mass is 183 g/mol. The highest BCUT2D eigenvalue weighted by Gasteiger charge is 1.94. The number of allylic oxidation sites excluding steroid dienone is 5. The summed E-state index contributed by atoms with van der Waals surface area (Å²) in [6.45, 7) is 11.0. The number of halogens is 1. The van der Waals surface area contributed by atoms with E-state index in [1.165, 1.54) is 0 Å². The SMILES string of the molecule is C=C/C=C(\C)N/C(C=C)=C(\C)Cl. The zero-order chi connectivity index (χ0) is 9.56. The van der Waals surface area contributed by atoms with Crippen molar-refractivity contribution in [1.82, 2.24) is 5.32 Å². The second kappa shape index (κ2) is 5.67. The Kier molecular flexibility index (Phi) is 5.22. The van der Waals surface area contributed by atoms with Crippen LogP contribution in [0.15, 0.2) is 47.8 Å². The fraction of sp³-hybridized carbons (Fsp3) is 0.200. The zero-order valence-corrected chi connectivity index (χ0v) is 8.28. The third kappa shape index (κ3) is 4.04. The standard InChI is InChI=1S/C10H14ClN/c1-5-7-8(3)12-10(6-2)9(4)11/h5-7,12H,1-2H2,3-4H3/b8-7+,10-9+. The lowest BCUT2D eigenvalue weighted by molar-refractivity contribution is 0.995. The quantitative estimate of drug-likeness (QED) is 0.660. The Hall–Kier alpha value is -0.950. The molecule has 0 saturated heterocycles. The van der Waals surface area contributed by atoms with Crippen molar-refractivity contribution < 1.29 is 0 Å². The Bertz CT molecular complexity index is 232. The minimum atomic E-state index is 0.696. The fourth-order valence-corrected chi connectivity index (χ4v) is 0.833. The topological polar surface area (TPSA) is 12.0 Å². The van der Waals surface area contributed by atoms with E-state index in [0.29, 0.717) is 5.03 Å². The molecule has 0 rings (SSSR count). The van der Waals surface area contributed by atoms with E-state index in [9.17, 15) is 0 Å². The van der Waals surface area contributed by atoms with Crippen molar-refractivity contribution >= 4 is 11.6 Å². The molecule has 0 saturated carbocycles. The van der Waals surface area contributed by atoms with Crippen molar-refractivity contribution in [3.8, 4) is 0 Å². The van der Waals surface area contributed by atoms with Crippen LogP contribution in [0.3, 0.4) is 0 Å². The molecular weight excluding hydrogens is 170 g/mol. The zero-order valence-electron chi connectivity index (χ0n) is 7.52. The number of nitrogens with one attached hydrogen (secondary N) is 1. The van der Waals surface area contributed by atoms with Crippen LogP contribution in [-0.4, -0.2) is 0 Å². The van der Waals surface area contributed by atoms with Gasteiger partial charge in [-0.25, -0.2) is 0 Å². The highest BCUT2D eigenvalue weighted by atomic mass is 35.5. The van der Waals surface area contributed by atoms with E-state index >= 15 is 0 Å². The van der Waals surface area contributed by atoms with E-state index in [4.69, 9.17) is 11.6 Å². The molecule has 0 aliphatic heterocycles. The van der Waals surface area contributed by atoms with Gasteiger partial charge in [0.25, 0.3) is 0 Å². The smallest absolute Gasteiger partial charge is 0.0520 e. The summed E-state index contributed by atoms with van der Waals surface area (Å²) in [6, 6.07) is 0. The molecule has 0 unspecified atom stereocenters. The summed E-state index contributed by atoms with van der Waals surface area (Å²) in [7, 11) is 0. The van der Waals surface area contributed by atoms with Crippen LogP contribution < -0.4 is 5.32 Å². The van der Waals surface area contributed by atoms with E-state index in [1.54, 1.807) is 12.2 Å². The van der Waals surface area contributed by atoms with Crippen LogP contribution in [-0.2, 0) is 0 Å². The summed E-state index contributed by atoms with van der Waals surface area (Å²) in [5.74, 6) is 0. The third-order valence-electron chi connectivity index (χ3n) is 1.27. The van der Waals surface area contributed by atoms with Gasteiger partial charge in [-0.15, -0.1) is 0 Å². The largest absolute Gasteiger partial charge is 0.358 e. The van der Waals surface area contributed by atoms with Crippen molar-refractivity contribution in [2.45, 2.75) is 13.8 Å². The molecule has 0 aromatic rings. The van der Waals surface area contributed by atoms with Gasteiger partial charge in [-0.3, -0.25) is 0 Å². The van der Waals surface area contributed by atoms with Crippen molar-refractivity contribution in [3.63, 3.8) is 0 Å². The van der Waals surface area contributed by atoms with E-state index < -0.39 is 0 Å². The Morgan fingerprint density at radius 3 is 2.25 bits per heavy atom. The molecule has 0 aromatic heterocycles. The van der Waals surface area contributed by atoms with Crippen molar-refractivity contribution in [1.29, 1.82) is 0 Å². The number of hydrogen-bond acceptors (Lipinski definition) is 1. The molecule has 0 radical (unpaired) electrons. The summed E-state index contributed by atoms with van der Waals surface area (Å²) in [6.07, 6.45) is 5.26. The van der Waals surface area contributed by atoms with Crippen LogP contribution in [0.5, 0.6) is 0 Å². The lowest BCUT2D eigenvalue weighted by Crippen LogP contribution is -2.09. The second-order valence-corrected chi connectivity index (χ2v) is 2.93. The Labute approximate surface area is 79.1 Å². The normalized spacial score (nSPS) is 13.4. The predicted molar refractivity (Wildman–Crippen MR) is 55.8 cm³/mol. The average molecular weight is 184 g/mol. The molecule has 0 spiro atoms. The van der Waals surface area contributed by atoms with Gasteiger partial charge in [0.05, 0.1) is 5.70 Å². The molecule has 0 atom stereocenters. The average Bonchev–Trinajstić information content (AvgIpc) is 2.00. The van der Waals surface area contributed by atoms with E-state index in [-0.39, 0.29) is 0 Å². The van der Waals surface area contributed by atoms with Crippen LogP contribution in [0.25, 0.3) is 0 Å². The van der Waals surface area contributed by atoms with Crippen molar-refractivity contribution in [2.75, 3.05) is 0 Å². The first kappa shape index (κ1) is 11.1. The van der Waals surface area contributed by atoms with E-state index in [2.05, 4.69) is 18.5 Å². The third-order valence-corrected chi connectivity index (χ3v) is 1.48. The minimum Gasteiger partial charge on any atom is -0.358 e. The lowest BCUT2D eigenvalue weighted by atomic mass is 10.3. The molecule has 1 nitrogen and oxygen atoms in total. The summed E-state index contributed by atoms with van der Waals surface area (Å²) < 4.78 is 0. The minimum absolute atomic E-state index is 0.696. The predicted octanol–water partition coefficient (Wildman–Crippen LogP) is 3.32. The maximum Gasteiger partial charge on any atom is 0.0520 e. The molecule has 0 fully saturated rings. The highest BCUT2D eigenvalue weighted by molar-refractivity contribution is 6.29. The molecule has 0 aliphatic carbocycles. The van der Waals surface area contributed by atoms with Crippen molar-refractivity contribution in [3.05, 3.63) is 47.8 Å². The fourth-order valence-electron chi connectivity index (χ4n) is 0.709. The van der Waals surface area contributed by atoms with Gasteiger partial charge in [0.15, 0.2) is 0 Å². The van der Waals surface area contributed by atoms with E-state index in [1.807, 2.05) is 19.9 Å². The molecule has 0 bridgehead atoms. The van der Waals surface area contributed by atoms with Crippen LogP contribution in [0.2, 0.25) is 0 Å². The summed E-state index contributed by atoms with van der Waals surface area (Å²) in [5, 5.41) is 3.78. The first-order chi connectivity index (χ1) is 5.61. The molecule has 0 aromatic carbocycles. The first-order valence-electron chi connectivity index (χ1n) is 3.67. The summed E-state index contributed by atoms with van der Waals surface area (Å²) >= 11 is 5.78. The van der Waals surface area contributed by atoms with Crippen LogP contribution >= 0.6 is 11.6 Å². The van der Waals surface area contributed by atoms with Gasteiger partial charge < -0.3 is 5.32 Å². The lowest BCUT2D eigenvalue weighted by Gasteiger charge is -2.07. The van der Waals surface area contributed by atoms with Crippen molar-refractivity contribution in [2.24, 2.45) is 0 Å². The molecule has 0 aliphatic rings. The van der Waals surface area contributed by atoms with Gasteiger partial charge >= 0.3 is 0 Å². The number of rotatable bonds is 4. The molecule has 66 valence electrons. The van der Waals surface area contributed by atoms with Gasteiger partial charge in [-0.05, 0) is 26.0 Å². The summed E-state index contributed by atoms with van der Waals surface area (Å²) in [4.78, 5) is 0. The molecular formula is C10H14ClN. The highest BCUT2D eigenvalue weighted by Crippen LogP contribution is 2.07.